The van der Waals surface area contributed by atoms with E-state index in [-0.39, 0.29) is 60.0 Å². The largest absolute Gasteiger partial charge is 0.499 e. The summed E-state index contributed by atoms with van der Waals surface area (Å²) < 4.78 is 43.8. The van der Waals surface area contributed by atoms with Crippen molar-refractivity contribution in [2.24, 2.45) is 0 Å². The van der Waals surface area contributed by atoms with Crippen molar-refractivity contribution in [3.63, 3.8) is 0 Å². The van der Waals surface area contributed by atoms with E-state index in [4.69, 9.17) is 37.9 Å². The van der Waals surface area contributed by atoms with Crippen molar-refractivity contribution >= 4 is 0 Å². The lowest BCUT2D eigenvalue weighted by Gasteiger charge is -2.13. The summed E-state index contributed by atoms with van der Waals surface area (Å²) in [4.78, 5) is 71.6. The van der Waals surface area contributed by atoms with Crippen molar-refractivity contribution in [2.45, 2.75) is 35.1 Å². The van der Waals surface area contributed by atoms with Crippen LogP contribution in [0.2, 0.25) is 0 Å². The van der Waals surface area contributed by atoms with E-state index in [1.54, 1.807) is 91.5 Å². The minimum Gasteiger partial charge on any atom is -0.499 e. The van der Waals surface area contributed by atoms with Crippen LogP contribution in [-0.2, 0) is 0 Å². The highest BCUT2D eigenvalue weighted by atomic mass is 16.5. The predicted molar refractivity (Wildman–Crippen MR) is 348 cm³/mol. The van der Waals surface area contributed by atoms with Gasteiger partial charge in [0.2, 0.25) is 23.0 Å². The molecule has 12 rings (SSSR count). The molecule has 4 aromatic carbocycles. The summed E-state index contributed by atoms with van der Waals surface area (Å²) in [6.07, 6.45) is 6.53. The molecular formula is C69H64N12O12. The lowest BCUT2D eigenvalue weighted by atomic mass is 10.2. The molecule has 0 aliphatic rings. The lowest BCUT2D eigenvalue weighted by Crippen LogP contribution is -2.13. The van der Waals surface area contributed by atoms with Gasteiger partial charge in [-0.1, -0.05) is 80.2 Å². The number of rotatable bonds is 16. The first-order valence-corrected chi connectivity index (χ1v) is 28.0. The van der Waals surface area contributed by atoms with Crippen LogP contribution in [0.5, 0.6) is 81.3 Å². The van der Waals surface area contributed by atoms with Crippen LogP contribution in [-0.4, -0.2) is 98.5 Å². The summed E-state index contributed by atoms with van der Waals surface area (Å²) >= 11 is 0. The van der Waals surface area contributed by atoms with Crippen molar-refractivity contribution in [2.75, 3.05) is 28.4 Å². The minimum atomic E-state index is -0.682. The molecule has 0 aliphatic carbocycles. The third-order valence-electron chi connectivity index (χ3n) is 12.5. The minimum absolute atomic E-state index is 0. The van der Waals surface area contributed by atoms with Crippen LogP contribution in [0.15, 0.2) is 204 Å². The van der Waals surface area contributed by atoms with E-state index in [0.29, 0.717) is 69.0 Å². The number of H-pyrrole nitrogens is 2. The molecule has 12 aromatic rings. The van der Waals surface area contributed by atoms with E-state index in [1.165, 1.54) is 28.4 Å². The quantitative estimate of drug-likeness (QED) is 0.0698. The van der Waals surface area contributed by atoms with E-state index >= 15 is 0 Å². The second-order valence-corrected chi connectivity index (χ2v) is 19.5. The molecular weight excluding hydrogens is 1190 g/mol. The summed E-state index contributed by atoms with van der Waals surface area (Å²) in [6.45, 7) is 7.81. The van der Waals surface area contributed by atoms with E-state index in [1.807, 2.05) is 131 Å². The third-order valence-corrected chi connectivity index (χ3v) is 12.5. The first kappa shape index (κ1) is 66.4. The fourth-order valence-corrected chi connectivity index (χ4v) is 8.26. The number of aryl methyl sites for hydroxylation is 4. The Morgan fingerprint density at radius 1 is 0.333 bits per heavy atom. The van der Waals surface area contributed by atoms with E-state index in [2.05, 4.69) is 59.8 Å². The molecule has 0 amide bonds. The normalized spacial score (nSPS) is 10.2. The number of ether oxygens (including phenoxy) is 8. The van der Waals surface area contributed by atoms with Gasteiger partial charge < -0.3 is 58.1 Å². The zero-order valence-corrected chi connectivity index (χ0v) is 50.9. The van der Waals surface area contributed by atoms with Gasteiger partial charge in [-0.25, -0.2) is 0 Å². The Balaban J connectivity index is 0.000000159. The van der Waals surface area contributed by atoms with Crippen LogP contribution in [0.25, 0.3) is 46.1 Å². The third kappa shape index (κ3) is 17.8. The Morgan fingerprint density at radius 3 is 1.04 bits per heavy atom. The van der Waals surface area contributed by atoms with Crippen LogP contribution < -0.4 is 49.0 Å². The van der Waals surface area contributed by atoms with Crippen molar-refractivity contribution in [1.82, 2.24) is 59.8 Å². The van der Waals surface area contributed by atoms with Crippen molar-refractivity contribution < 1.29 is 48.1 Å². The monoisotopic (exact) mass is 1250 g/mol. The molecule has 0 bridgehead atoms. The molecule has 0 aliphatic heterocycles. The first-order valence-electron chi connectivity index (χ1n) is 28.0. The van der Waals surface area contributed by atoms with E-state index in [0.717, 1.165) is 22.3 Å². The van der Waals surface area contributed by atoms with Gasteiger partial charge in [0.15, 0.2) is 23.3 Å². The first-order chi connectivity index (χ1) is 44.7. The number of benzene rings is 4. The molecule has 4 N–H and O–H groups in total. The Morgan fingerprint density at radius 2 is 0.667 bits per heavy atom. The maximum atomic E-state index is 12.2. The number of nitrogens with one attached hydrogen (secondary N) is 2. The highest BCUT2D eigenvalue weighted by Gasteiger charge is 2.22. The Hall–Kier alpha value is -12.6. The van der Waals surface area contributed by atoms with Gasteiger partial charge in [-0.15, -0.1) is 0 Å². The predicted octanol–water partition coefficient (Wildman–Crippen LogP) is 13.2. The maximum absolute atomic E-state index is 12.2. The van der Waals surface area contributed by atoms with E-state index in [9.17, 15) is 19.8 Å². The Bertz CT molecular complexity index is 4550. The molecule has 0 radical (unpaired) electrons. The molecule has 0 atom stereocenters. The SMILES string of the molecule is C.COc1c(Oc2cccc(C)c2)nc(-c2ccccn2)[nH]c1=O.COc1nc(-c2ccccn2)nc(Oc2cccc(C)c2)c1O.COc1nc(-c2ccccn2)nc(Oc2cccc(C)c2)c1OC.Cc1cccc(Oc2nc(-c3ccccn3)[nH]c(=O)c2O)c1. The van der Waals surface area contributed by atoms with Gasteiger partial charge in [0.1, 0.15) is 45.8 Å². The van der Waals surface area contributed by atoms with Crippen LogP contribution in [0, 0.1) is 27.7 Å². The standard InChI is InChI=1S/C18H17N3O3.2C17H15N3O3.C16H13N3O3.CH4/c1-12-7-6-8-13(11-12)24-18-15(22-2)17(23-3)20-16(21-18)14-9-4-5-10-19-14;1-11-6-5-7-12(10-11)23-17-14(22-2)16(21)19-15(20-17)13-8-3-4-9-18-13;1-11-6-5-7-12(10-11)23-17-14(21)16(22-2)19-15(20-17)13-8-3-4-9-18-13;1-10-5-4-6-11(9-10)22-16-13(20)15(21)18-14(19-16)12-7-2-3-8-17-12;/h4-11H,1-3H3;3-10H,1-2H3,(H,19,20,21);3-10,21H,1-2H3;2-9,20H,1H3,(H,18,19,21);1H4. The molecule has 472 valence electrons. The Kier molecular flexibility index (Phi) is 22.9. The number of pyridine rings is 4. The number of hydrogen-bond acceptors (Lipinski definition) is 22. The number of aromatic amines is 2. The average molecular weight is 1250 g/mol. The topological polar surface area (TPSA) is 309 Å². The smallest absolute Gasteiger partial charge is 0.297 e. The lowest BCUT2D eigenvalue weighted by molar-refractivity contribution is 0.320. The molecule has 0 saturated heterocycles. The maximum Gasteiger partial charge on any atom is 0.297 e. The summed E-state index contributed by atoms with van der Waals surface area (Å²) in [7, 11) is 5.85. The average Bonchev–Trinajstić information content (AvgIpc) is 0.873. The fraction of sp³-hybridized carbons (Fsp3) is 0.130. The molecule has 0 saturated carbocycles. The summed E-state index contributed by atoms with van der Waals surface area (Å²) in [6, 6.07) is 51.3. The Labute approximate surface area is 534 Å². The van der Waals surface area contributed by atoms with Gasteiger partial charge in [-0.05, 0) is 147 Å². The van der Waals surface area contributed by atoms with E-state index < -0.39 is 16.9 Å². The molecule has 8 heterocycles. The second kappa shape index (κ2) is 32.0. The molecule has 24 nitrogen and oxygen atoms in total. The molecule has 0 fully saturated rings. The summed E-state index contributed by atoms with van der Waals surface area (Å²) in [5.74, 6) is 3.61. The highest BCUT2D eigenvalue weighted by molar-refractivity contribution is 5.58. The molecule has 93 heavy (non-hydrogen) atoms. The van der Waals surface area contributed by atoms with Crippen molar-refractivity contribution in [1.29, 1.82) is 0 Å². The molecule has 0 unspecified atom stereocenters. The molecule has 24 heteroatoms. The zero-order chi connectivity index (χ0) is 64.9. The van der Waals surface area contributed by atoms with Crippen molar-refractivity contribution in [3.8, 4) is 127 Å². The van der Waals surface area contributed by atoms with Gasteiger partial charge in [-0.2, -0.15) is 29.9 Å². The van der Waals surface area contributed by atoms with Crippen LogP contribution in [0.3, 0.4) is 0 Å². The number of nitrogens with zero attached hydrogens (tertiary/aromatic N) is 10. The highest BCUT2D eigenvalue weighted by Crippen LogP contribution is 2.40. The number of aromatic nitrogens is 12. The van der Waals surface area contributed by atoms with Crippen LogP contribution >= 0.6 is 0 Å². The number of methoxy groups -OCH3 is 4. The molecule has 8 aromatic heterocycles. The van der Waals surface area contributed by atoms with Crippen molar-refractivity contribution in [3.05, 3.63) is 238 Å². The summed E-state index contributed by atoms with van der Waals surface area (Å²) in [5, 5.41) is 20.0. The van der Waals surface area contributed by atoms with Gasteiger partial charge in [0, 0.05) is 24.8 Å². The van der Waals surface area contributed by atoms with Crippen LogP contribution in [0.4, 0.5) is 0 Å². The fourth-order valence-electron chi connectivity index (χ4n) is 8.26. The zero-order valence-electron chi connectivity index (χ0n) is 50.9. The van der Waals surface area contributed by atoms with Gasteiger partial charge >= 0.3 is 0 Å². The second-order valence-electron chi connectivity index (χ2n) is 19.5. The number of hydrogen-bond donors (Lipinski definition) is 4. The molecule has 0 spiro atoms. The van der Waals surface area contributed by atoms with Gasteiger partial charge in [0.25, 0.3) is 46.4 Å². The number of aromatic hydroxyl groups is 2. The van der Waals surface area contributed by atoms with Crippen LogP contribution in [0.1, 0.15) is 29.7 Å². The van der Waals surface area contributed by atoms with Gasteiger partial charge in [0.05, 0.1) is 28.4 Å². The summed E-state index contributed by atoms with van der Waals surface area (Å²) in [5.41, 5.74) is 5.24. The van der Waals surface area contributed by atoms with Gasteiger partial charge in [-0.3, -0.25) is 29.5 Å².